The Morgan fingerprint density at radius 3 is 2.55 bits per heavy atom. The average Bonchev–Trinajstić information content (AvgIpc) is 3.25. The van der Waals surface area contributed by atoms with Crippen molar-refractivity contribution < 1.29 is 30.0 Å². The number of imidazole rings is 1. The van der Waals surface area contributed by atoms with Gasteiger partial charge in [-0.25, -0.2) is 15.0 Å². The third-order valence-corrected chi connectivity index (χ3v) is 4.72. The Balaban J connectivity index is 1.60. The number of aliphatic carboxylic acids is 1. The summed E-state index contributed by atoms with van der Waals surface area (Å²) in [7, 11) is 0. The maximum Gasteiger partial charge on any atom is 0.307 e. The Kier molecular flexibility index (Phi) is 5.11. The minimum atomic E-state index is -1.25. The fourth-order valence-electron chi connectivity index (χ4n) is 3.26. The minimum Gasteiger partial charge on any atom is -0.481 e. The average molecular weight is 401 g/mol. The molecule has 5 N–H and O–H groups in total. The van der Waals surface area contributed by atoms with Gasteiger partial charge in [-0.15, -0.1) is 0 Å². The molecular formula is C18H19N5O6. The van der Waals surface area contributed by atoms with Gasteiger partial charge in [0.2, 0.25) is 0 Å². The van der Waals surface area contributed by atoms with Crippen LogP contribution in [0.25, 0.3) is 11.2 Å². The molecule has 4 rings (SSSR count). The van der Waals surface area contributed by atoms with Crippen LogP contribution in [0.4, 0.5) is 11.5 Å². The van der Waals surface area contributed by atoms with Crippen molar-refractivity contribution in [3.05, 3.63) is 42.5 Å². The lowest BCUT2D eigenvalue weighted by atomic mass is 10.1. The molecule has 2 aromatic heterocycles. The summed E-state index contributed by atoms with van der Waals surface area (Å²) in [6, 6.07) is 6.86. The van der Waals surface area contributed by atoms with Crippen molar-refractivity contribution in [2.75, 3.05) is 11.9 Å². The van der Waals surface area contributed by atoms with E-state index in [1.807, 2.05) is 0 Å². The number of carboxylic acids is 1. The van der Waals surface area contributed by atoms with Crippen molar-refractivity contribution in [2.24, 2.45) is 0 Å². The van der Waals surface area contributed by atoms with Crippen LogP contribution in [0.5, 0.6) is 0 Å². The molecule has 0 saturated carbocycles. The van der Waals surface area contributed by atoms with Gasteiger partial charge in [0.25, 0.3) is 0 Å². The first-order valence-electron chi connectivity index (χ1n) is 8.85. The molecule has 4 atom stereocenters. The molecule has 1 unspecified atom stereocenters. The second kappa shape index (κ2) is 7.72. The first-order chi connectivity index (χ1) is 14.0. The number of nitrogens with zero attached hydrogens (tertiary/aromatic N) is 4. The van der Waals surface area contributed by atoms with Crippen LogP contribution in [0.2, 0.25) is 0 Å². The molecule has 152 valence electrons. The number of aliphatic hydroxyl groups excluding tert-OH is 3. The Bertz CT molecular complexity index is 1020. The zero-order valence-corrected chi connectivity index (χ0v) is 15.1. The Morgan fingerprint density at radius 2 is 1.90 bits per heavy atom. The standard InChI is InChI=1S/C18H19N5O6/c24-6-11-14(27)15(28)18(29-11)23-8-21-13-16(19-7-20-17(13)23)22-10-3-1-9(2-4-10)5-12(25)26/h1-4,7-8,11,14-15,18,24,27-28H,5-6H2,(H,25,26)(H,19,20,22)/t11-,14-,15-,18?/m1/s1. The van der Waals surface area contributed by atoms with Gasteiger partial charge in [0, 0.05) is 5.69 Å². The number of aromatic nitrogens is 4. The van der Waals surface area contributed by atoms with Crippen LogP contribution in [0.15, 0.2) is 36.9 Å². The van der Waals surface area contributed by atoms with Crippen LogP contribution in [0.1, 0.15) is 11.8 Å². The SMILES string of the molecule is O=C(O)Cc1ccc(Nc2ncnc3c2ncn3C2O[C@H](CO)[C@@H](O)[C@H]2O)cc1. The monoisotopic (exact) mass is 401 g/mol. The van der Waals surface area contributed by atoms with E-state index in [1.54, 1.807) is 24.3 Å². The van der Waals surface area contributed by atoms with Gasteiger partial charge < -0.3 is 30.5 Å². The zero-order valence-electron chi connectivity index (χ0n) is 15.1. The molecule has 1 aliphatic rings. The summed E-state index contributed by atoms with van der Waals surface area (Å²) in [4.78, 5) is 23.5. The van der Waals surface area contributed by atoms with Crippen LogP contribution < -0.4 is 5.32 Å². The molecule has 0 radical (unpaired) electrons. The van der Waals surface area contributed by atoms with Gasteiger partial charge in [-0.05, 0) is 17.7 Å². The number of hydrogen-bond acceptors (Lipinski definition) is 9. The molecule has 1 aliphatic heterocycles. The summed E-state index contributed by atoms with van der Waals surface area (Å²) in [6.07, 6.45) is -1.67. The molecule has 0 bridgehead atoms. The fourth-order valence-corrected chi connectivity index (χ4v) is 3.26. The first-order valence-corrected chi connectivity index (χ1v) is 8.85. The van der Waals surface area contributed by atoms with E-state index in [0.717, 1.165) is 0 Å². The first kappa shape index (κ1) is 19.2. The van der Waals surface area contributed by atoms with Crippen molar-refractivity contribution in [2.45, 2.75) is 31.0 Å². The highest BCUT2D eigenvalue weighted by Gasteiger charge is 2.44. The number of anilines is 2. The molecule has 11 heteroatoms. The van der Waals surface area contributed by atoms with Gasteiger partial charge in [0.05, 0.1) is 19.4 Å². The van der Waals surface area contributed by atoms with Crippen LogP contribution in [-0.4, -0.2) is 70.8 Å². The fraction of sp³-hybridized carbons (Fsp3) is 0.333. The number of fused-ring (bicyclic) bond motifs is 1. The molecule has 3 aromatic rings. The summed E-state index contributed by atoms with van der Waals surface area (Å²) in [5.41, 5.74) is 2.14. The second-order valence-electron chi connectivity index (χ2n) is 6.67. The molecular weight excluding hydrogens is 382 g/mol. The molecule has 3 heterocycles. The highest BCUT2D eigenvalue weighted by Crippen LogP contribution is 2.32. The lowest BCUT2D eigenvalue weighted by molar-refractivity contribution is -0.136. The van der Waals surface area contributed by atoms with E-state index in [0.29, 0.717) is 28.2 Å². The highest BCUT2D eigenvalue weighted by atomic mass is 16.6. The predicted molar refractivity (Wildman–Crippen MR) is 99.4 cm³/mol. The van der Waals surface area contributed by atoms with E-state index >= 15 is 0 Å². The number of carbonyl (C=O) groups is 1. The Morgan fingerprint density at radius 1 is 1.14 bits per heavy atom. The Labute approximate surface area is 164 Å². The molecule has 1 fully saturated rings. The molecule has 0 spiro atoms. The summed E-state index contributed by atoms with van der Waals surface area (Å²) in [5.74, 6) is -0.495. The summed E-state index contributed by atoms with van der Waals surface area (Å²) >= 11 is 0. The molecule has 0 aliphatic carbocycles. The van der Waals surface area contributed by atoms with E-state index in [9.17, 15) is 20.1 Å². The highest BCUT2D eigenvalue weighted by molar-refractivity contribution is 5.85. The van der Waals surface area contributed by atoms with Crippen molar-refractivity contribution in [1.29, 1.82) is 0 Å². The van der Waals surface area contributed by atoms with Crippen molar-refractivity contribution in [3.63, 3.8) is 0 Å². The van der Waals surface area contributed by atoms with E-state index in [-0.39, 0.29) is 6.42 Å². The summed E-state index contributed by atoms with van der Waals surface area (Å²) in [6.45, 7) is -0.430. The van der Waals surface area contributed by atoms with E-state index in [2.05, 4.69) is 20.3 Å². The second-order valence-corrected chi connectivity index (χ2v) is 6.67. The molecule has 29 heavy (non-hydrogen) atoms. The minimum absolute atomic E-state index is 0.0627. The van der Waals surface area contributed by atoms with Crippen LogP contribution >= 0.6 is 0 Å². The smallest absolute Gasteiger partial charge is 0.307 e. The number of rotatable bonds is 6. The summed E-state index contributed by atoms with van der Waals surface area (Å²) < 4.78 is 7.01. The maximum absolute atomic E-state index is 10.8. The van der Waals surface area contributed by atoms with Crippen LogP contribution in [0.3, 0.4) is 0 Å². The number of benzene rings is 1. The number of nitrogens with one attached hydrogen (secondary N) is 1. The molecule has 1 aromatic carbocycles. The van der Waals surface area contributed by atoms with Crippen LogP contribution in [0, 0.1) is 0 Å². The van der Waals surface area contributed by atoms with E-state index < -0.39 is 37.1 Å². The van der Waals surface area contributed by atoms with Gasteiger partial charge in [-0.1, -0.05) is 12.1 Å². The maximum atomic E-state index is 10.8. The quantitative estimate of drug-likeness (QED) is 0.374. The largest absolute Gasteiger partial charge is 0.481 e. The van der Waals surface area contributed by atoms with Crippen molar-refractivity contribution in [1.82, 2.24) is 19.5 Å². The lowest BCUT2D eigenvalue weighted by Gasteiger charge is -2.16. The number of hydrogen-bond donors (Lipinski definition) is 5. The zero-order chi connectivity index (χ0) is 20.5. The molecule has 1 saturated heterocycles. The van der Waals surface area contributed by atoms with Gasteiger partial charge in [0.15, 0.2) is 23.2 Å². The van der Waals surface area contributed by atoms with Gasteiger partial charge in [-0.2, -0.15) is 0 Å². The summed E-state index contributed by atoms with van der Waals surface area (Å²) in [5, 5.41) is 41.4. The van der Waals surface area contributed by atoms with Crippen molar-refractivity contribution >= 4 is 28.6 Å². The third kappa shape index (κ3) is 3.63. The Hall–Kier alpha value is -3.12. The van der Waals surface area contributed by atoms with Gasteiger partial charge in [-0.3, -0.25) is 9.36 Å². The van der Waals surface area contributed by atoms with Gasteiger partial charge >= 0.3 is 5.97 Å². The number of carboxylic acid groups (broad SMARTS) is 1. The number of ether oxygens (including phenoxy) is 1. The topological polar surface area (TPSA) is 163 Å². The number of aliphatic hydroxyl groups is 3. The lowest BCUT2D eigenvalue weighted by Crippen LogP contribution is -2.33. The normalized spacial score (nSPS) is 24.1. The molecule has 0 amide bonds. The van der Waals surface area contributed by atoms with E-state index in [1.165, 1.54) is 17.2 Å². The molecule has 11 nitrogen and oxygen atoms in total. The van der Waals surface area contributed by atoms with Crippen molar-refractivity contribution in [3.8, 4) is 0 Å². The van der Waals surface area contributed by atoms with Gasteiger partial charge in [0.1, 0.15) is 24.6 Å². The van der Waals surface area contributed by atoms with Crippen LogP contribution in [-0.2, 0) is 16.0 Å². The van der Waals surface area contributed by atoms with E-state index in [4.69, 9.17) is 9.84 Å². The third-order valence-electron chi connectivity index (χ3n) is 4.72. The predicted octanol–water partition coefficient (Wildman–Crippen LogP) is -0.192.